The molecule has 0 aliphatic rings. The van der Waals surface area contributed by atoms with E-state index >= 15 is 0 Å². The summed E-state index contributed by atoms with van der Waals surface area (Å²) in [5.74, 6) is 0. The summed E-state index contributed by atoms with van der Waals surface area (Å²) in [5.41, 5.74) is 1.15. The summed E-state index contributed by atoms with van der Waals surface area (Å²) in [6.45, 7) is 0. The van der Waals surface area contributed by atoms with Gasteiger partial charge >= 0.3 is 76.2 Å². The fourth-order valence-electron chi connectivity index (χ4n) is 1.12. The van der Waals surface area contributed by atoms with Crippen LogP contribution in [0.1, 0.15) is 0 Å². The van der Waals surface area contributed by atoms with E-state index in [2.05, 4.69) is 22.3 Å². The molecule has 0 saturated heterocycles. The van der Waals surface area contributed by atoms with Crippen LogP contribution in [0.25, 0.3) is 10.9 Å². The number of H-pyrrole nitrogens is 1. The van der Waals surface area contributed by atoms with Crippen LogP contribution in [0.15, 0.2) is 24.4 Å². The van der Waals surface area contributed by atoms with Gasteiger partial charge in [0, 0.05) is 0 Å². The van der Waals surface area contributed by atoms with Crippen LogP contribution >= 0.6 is 0 Å². The van der Waals surface area contributed by atoms with E-state index in [-0.39, 0.29) is 0 Å². The van der Waals surface area contributed by atoms with Crippen LogP contribution in [-0.2, 0) is 0 Å². The van der Waals surface area contributed by atoms with Gasteiger partial charge in [-0.25, -0.2) is 0 Å². The van der Waals surface area contributed by atoms with Gasteiger partial charge in [0.1, 0.15) is 0 Å². The van der Waals surface area contributed by atoms with Gasteiger partial charge in [0.05, 0.1) is 0 Å². The van der Waals surface area contributed by atoms with Gasteiger partial charge in [-0.1, -0.05) is 0 Å². The van der Waals surface area contributed by atoms with E-state index in [4.69, 9.17) is 0 Å². The summed E-state index contributed by atoms with van der Waals surface area (Å²) in [7, 11) is 0. The Morgan fingerprint density at radius 1 is 1.40 bits per heavy atom. The zero-order valence-corrected chi connectivity index (χ0v) is 7.76. The number of fused-ring (bicyclic) bond motifs is 1. The van der Waals surface area contributed by atoms with Crippen molar-refractivity contribution in [3.8, 4) is 0 Å². The van der Waals surface area contributed by atoms with Gasteiger partial charge in [0.25, 0.3) is 0 Å². The van der Waals surface area contributed by atoms with Crippen LogP contribution in [0.4, 0.5) is 0 Å². The molecule has 0 fully saturated rings. The topological polar surface area (TPSA) is 28.7 Å². The molecule has 10 heavy (non-hydrogen) atoms. The van der Waals surface area contributed by atoms with Crippen molar-refractivity contribution in [3.63, 3.8) is 0 Å². The molecule has 1 N–H and O–H groups in total. The van der Waals surface area contributed by atoms with Gasteiger partial charge in [-0.15, -0.1) is 0 Å². The van der Waals surface area contributed by atoms with E-state index in [1.165, 1.54) is 8.20 Å². The Morgan fingerprint density at radius 3 is 3.10 bits per heavy atom. The third kappa shape index (κ3) is 0.888. The second kappa shape index (κ2) is 2.38. The molecule has 0 atom stereocenters. The standard InChI is InChI=1S/C7H5N2.Na/c1-2-4-7-6(3-1)5-8-9-7;/h1-2,4-5H,(H,8,9);. The second-order valence-corrected chi connectivity index (χ2v) is 3.48. The van der Waals surface area contributed by atoms with Gasteiger partial charge in [0.15, 0.2) is 0 Å². The zero-order valence-electron chi connectivity index (χ0n) is 5.76. The summed E-state index contributed by atoms with van der Waals surface area (Å²) >= 11 is 1.09. The number of hydrogen-bond acceptors (Lipinski definition) is 1. The first-order chi connectivity index (χ1) is 4.88. The molecule has 0 bridgehead atoms. The van der Waals surface area contributed by atoms with Crippen molar-refractivity contribution < 1.29 is 0 Å². The molecule has 1 aromatic heterocycles. The molecule has 2 rings (SSSR count). The number of aromatic nitrogens is 2. The molecule has 0 spiro atoms. The first-order valence-electron chi connectivity index (χ1n) is 3.26. The van der Waals surface area contributed by atoms with E-state index in [1.807, 2.05) is 12.3 Å². The van der Waals surface area contributed by atoms with E-state index in [9.17, 15) is 0 Å². The SMILES string of the molecule is [Na][c]1cccc2[nH]ncc12. The molecule has 3 heteroatoms. The fourth-order valence-corrected chi connectivity index (χ4v) is 1.71. The summed E-state index contributed by atoms with van der Waals surface area (Å²) < 4.78 is 1.41. The first-order valence-corrected chi connectivity index (χ1v) is 4.26. The van der Waals surface area contributed by atoms with E-state index < -0.39 is 0 Å². The molecule has 1 heterocycles. The van der Waals surface area contributed by atoms with Crippen molar-refractivity contribution in [1.29, 1.82) is 0 Å². The van der Waals surface area contributed by atoms with Gasteiger partial charge < -0.3 is 0 Å². The molecule has 0 saturated carbocycles. The average molecular weight is 140 g/mol. The van der Waals surface area contributed by atoms with Gasteiger partial charge in [-0.3, -0.25) is 0 Å². The van der Waals surface area contributed by atoms with Crippen molar-refractivity contribution in [2.45, 2.75) is 0 Å². The summed E-state index contributed by atoms with van der Waals surface area (Å²) in [6.07, 6.45) is 1.89. The molecular formula is C7H5N2Na. The Hall–Kier alpha value is -0.310. The predicted molar refractivity (Wildman–Crippen MR) is 41.5 cm³/mol. The molecular weight excluding hydrogens is 135 g/mol. The minimum absolute atomic E-state index is 1.09. The summed E-state index contributed by atoms with van der Waals surface area (Å²) in [4.78, 5) is 0. The van der Waals surface area contributed by atoms with Gasteiger partial charge in [0.2, 0.25) is 0 Å². The number of nitrogens with one attached hydrogen (secondary N) is 1. The Bertz CT molecular complexity index is 353. The maximum absolute atomic E-state index is 3.96. The van der Waals surface area contributed by atoms with Crippen LogP contribution in [0, 0.1) is 0 Å². The van der Waals surface area contributed by atoms with Crippen molar-refractivity contribution >= 4 is 41.6 Å². The zero-order chi connectivity index (χ0) is 6.97. The molecule has 0 aliphatic carbocycles. The van der Waals surface area contributed by atoms with Crippen LogP contribution in [-0.4, -0.2) is 38.1 Å². The second-order valence-electron chi connectivity index (χ2n) is 2.41. The number of benzene rings is 1. The molecule has 0 amide bonds. The molecule has 0 radical (unpaired) electrons. The van der Waals surface area contributed by atoms with Gasteiger partial charge in [-0.2, -0.15) is 0 Å². The number of aromatic amines is 1. The van der Waals surface area contributed by atoms with E-state index in [1.54, 1.807) is 0 Å². The molecule has 0 aliphatic heterocycles. The number of rotatable bonds is 0. The molecule has 44 valence electrons. The molecule has 2 aromatic rings. The Kier molecular flexibility index (Phi) is 1.52. The van der Waals surface area contributed by atoms with Crippen molar-refractivity contribution in [2.24, 2.45) is 0 Å². The van der Waals surface area contributed by atoms with Crippen LogP contribution in [0.2, 0.25) is 0 Å². The Balaban J connectivity index is 2.95. The third-order valence-corrected chi connectivity index (χ3v) is 2.57. The Labute approximate surface area is 76.0 Å². The van der Waals surface area contributed by atoms with Crippen molar-refractivity contribution in [1.82, 2.24) is 10.2 Å². The average Bonchev–Trinajstić information content (AvgIpc) is 2.36. The summed E-state index contributed by atoms with van der Waals surface area (Å²) in [5, 5.41) is 8.16. The third-order valence-electron chi connectivity index (χ3n) is 1.70. The quantitative estimate of drug-likeness (QED) is 0.526. The van der Waals surface area contributed by atoms with Crippen LogP contribution in [0.5, 0.6) is 0 Å². The van der Waals surface area contributed by atoms with E-state index in [0.29, 0.717) is 0 Å². The van der Waals surface area contributed by atoms with Gasteiger partial charge in [-0.05, 0) is 0 Å². The van der Waals surface area contributed by atoms with Crippen LogP contribution in [0.3, 0.4) is 0 Å². The monoisotopic (exact) mass is 140 g/mol. The first kappa shape index (κ1) is 6.40. The predicted octanol–water partition coefficient (Wildman–Crippen LogP) is 0.357. The molecule has 0 unspecified atom stereocenters. The van der Waals surface area contributed by atoms with Crippen LogP contribution < -0.4 is 2.81 Å². The fraction of sp³-hybridized carbons (Fsp3) is 0. The normalized spacial score (nSPS) is 10.6. The minimum atomic E-state index is 1.09. The van der Waals surface area contributed by atoms with Crippen molar-refractivity contribution in [3.05, 3.63) is 24.4 Å². The maximum atomic E-state index is 3.96. The number of hydrogen-bond donors (Lipinski definition) is 1. The number of nitrogens with zero attached hydrogens (tertiary/aromatic N) is 1. The van der Waals surface area contributed by atoms with Crippen molar-refractivity contribution in [2.75, 3.05) is 0 Å². The Morgan fingerprint density at radius 2 is 2.30 bits per heavy atom. The molecule has 1 aromatic carbocycles. The summed E-state index contributed by atoms with van der Waals surface area (Å²) in [6, 6.07) is 6.25. The molecule has 2 nitrogen and oxygen atoms in total. The van der Waals surface area contributed by atoms with E-state index in [0.717, 1.165) is 33.4 Å².